The number of sulfonamides is 1. The van der Waals surface area contributed by atoms with Gasteiger partial charge in [0.05, 0.1) is 10.0 Å². The van der Waals surface area contributed by atoms with Crippen LogP contribution in [0.5, 0.6) is 0 Å². The molecule has 0 aromatic carbocycles. The van der Waals surface area contributed by atoms with Gasteiger partial charge in [-0.25, -0.2) is 8.42 Å². The number of nitrogens with zero attached hydrogens (tertiary/aromatic N) is 2. The largest absolute Gasteiger partial charge is 0.262 e. The van der Waals surface area contributed by atoms with Crippen LogP contribution >= 0.6 is 23.2 Å². The SMILES string of the molecule is O=S(=O)(c1cncc(Cl)c1Cl)N1CCCC1. The van der Waals surface area contributed by atoms with E-state index in [1.54, 1.807) is 0 Å². The molecule has 1 fully saturated rings. The quantitative estimate of drug-likeness (QED) is 0.834. The standard InChI is InChI=1S/C9H10Cl2N2O2S/c10-7-5-12-6-8(9(7)11)16(14,15)13-3-1-2-4-13/h5-6H,1-4H2. The van der Waals surface area contributed by atoms with E-state index in [9.17, 15) is 8.42 Å². The van der Waals surface area contributed by atoms with Crippen LogP contribution in [0.4, 0.5) is 0 Å². The van der Waals surface area contributed by atoms with Gasteiger partial charge in [0.15, 0.2) is 0 Å². The molecule has 7 heteroatoms. The second-order valence-electron chi connectivity index (χ2n) is 3.54. The Morgan fingerprint density at radius 3 is 2.44 bits per heavy atom. The molecular formula is C9H10Cl2N2O2S. The molecule has 0 amide bonds. The number of hydrogen-bond donors (Lipinski definition) is 0. The highest BCUT2D eigenvalue weighted by molar-refractivity contribution is 7.89. The van der Waals surface area contributed by atoms with E-state index in [-0.39, 0.29) is 14.9 Å². The van der Waals surface area contributed by atoms with Gasteiger partial charge < -0.3 is 0 Å². The molecule has 0 unspecified atom stereocenters. The topological polar surface area (TPSA) is 50.3 Å². The molecule has 0 bridgehead atoms. The third kappa shape index (κ3) is 2.05. The van der Waals surface area contributed by atoms with Crippen molar-refractivity contribution in [2.75, 3.05) is 13.1 Å². The number of aromatic nitrogens is 1. The van der Waals surface area contributed by atoms with Crippen LogP contribution in [0.2, 0.25) is 10.0 Å². The Bertz CT molecular complexity index is 498. The van der Waals surface area contributed by atoms with Crippen molar-refractivity contribution in [3.05, 3.63) is 22.4 Å². The molecule has 16 heavy (non-hydrogen) atoms. The van der Waals surface area contributed by atoms with E-state index < -0.39 is 10.0 Å². The van der Waals surface area contributed by atoms with Crippen molar-refractivity contribution < 1.29 is 8.42 Å². The molecule has 0 spiro atoms. The summed E-state index contributed by atoms with van der Waals surface area (Å²) in [6, 6.07) is 0. The molecule has 2 rings (SSSR count). The Morgan fingerprint density at radius 1 is 1.19 bits per heavy atom. The summed E-state index contributed by atoms with van der Waals surface area (Å²) < 4.78 is 25.7. The van der Waals surface area contributed by atoms with Gasteiger partial charge in [-0.3, -0.25) is 4.98 Å². The molecule has 4 nitrogen and oxygen atoms in total. The van der Waals surface area contributed by atoms with Gasteiger partial charge in [0.2, 0.25) is 10.0 Å². The van der Waals surface area contributed by atoms with Crippen molar-refractivity contribution in [3.63, 3.8) is 0 Å². The first-order valence-corrected chi connectivity index (χ1v) is 7.02. The maximum atomic E-state index is 12.2. The molecule has 1 aliphatic rings. The van der Waals surface area contributed by atoms with E-state index in [1.807, 2.05) is 0 Å². The van der Waals surface area contributed by atoms with Crippen LogP contribution in [0.15, 0.2) is 17.3 Å². The minimum atomic E-state index is -3.54. The third-order valence-electron chi connectivity index (χ3n) is 2.49. The fourth-order valence-corrected chi connectivity index (χ4v) is 3.80. The van der Waals surface area contributed by atoms with Crippen molar-refractivity contribution in [1.82, 2.24) is 9.29 Å². The van der Waals surface area contributed by atoms with E-state index >= 15 is 0 Å². The molecule has 0 atom stereocenters. The number of pyridine rings is 1. The van der Waals surface area contributed by atoms with Crippen LogP contribution in [-0.4, -0.2) is 30.8 Å². The summed E-state index contributed by atoms with van der Waals surface area (Å²) in [4.78, 5) is 3.75. The Kier molecular flexibility index (Phi) is 3.39. The number of rotatable bonds is 2. The van der Waals surface area contributed by atoms with Crippen LogP contribution in [-0.2, 0) is 10.0 Å². The molecule has 2 heterocycles. The highest BCUT2D eigenvalue weighted by atomic mass is 35.5. The molecule has 1 aromatic heterocycles. The highest BCUT2D eigenvalue weighted by Crippen LogP contribution is 2.31. The lowest BCUT2D eigenvalue weighted by Gasteiger charge is -2.16. The Labute approximate surface area is 104 Å². The second-order valence-corrected chi connectivity index (χ2v) is 6.24. The van der Waals surface area contributed by atoms with Crippen molar-refractivity contribution in [2.45, 2.75) is 17.7 Å². The summed E-state index contributed by atoms with van der Waals surface area (Å²) in [5.41, 5.74) is 0. The summed E-state index contributed by atoms with van der Waals surface area (Å²) in [6.07, 6.45) is 4.32. The smallest absolute Gasteiger partial charge is 0.246 e. The first-order chi connectivity index (χ1) is 7.53. The zero-order valence-electron chi connectivity index (χ0n) is 8.36. The zero-order valence-corrected chi connectivity index (χ0v) is 10.7. The average Bonchev–Trinajstić information content (AvgIpc) is 2.75. The lowest BCUT2D eigenvalue weighted by atomic mass is 10.4. The molecular weight excluding hydrogens is 271 g/mol. The van der Waals surface area contributed by atoms with Crippen LogP contribution in [0.25, 0.3) is 0 Å². The predicted molar refractivity (Wildman–Crippen MR) is 62.2 cm³/mol. The maximum absolute atomic E-state index is 12.2. The zero-order chi connectivity index (χ0) is 11.8. The van der Waals surface area contributed by atoms with Crippen LogP contribution < -0.4 is 0 Å². The minimum Gasteiger partial charge on any atom is -0.262 e. The Morgan fingerprint density at radius 2 is 1.81 bits per heavy atom. The molecule has 1 saturated heterocycles. The minimum absolute atomic E-state index is 0.0106. The Hall–Kier alpha value is -0.360. The molecule has 88 valence electrons. The van der Waals surface area contributed by atoms with Gasteiger partial charge in [-0.1, -0.05) is 23.2 Å². The Balaban J connectivity index is 2.47. The van der Waals surface area contributed by atoms with Crippen molar-refractivity contribution in [1.29, 1.82) is 0 Å². The fourth-order valence-electron chi connectivity index (χ4n) is 1.65. The van der Waals surface area contributed by atoms with Crippen molar-refractivity contribution in [3.8, 4) is 0 Å². The molecule has 0 N–H and O–H groups in total. The van der Waals surface area contributed by atoms with E-state index in [0.717, 1.165) is 12.8 Å². The predicted octanol–water partition coefficient (Wildman–Crippen LogP) is 2.17. The first-order valence-electron chi connectivity index (χ1n) is 4.82. The highest BCUT2D eigenvalue weighted by Gasteiger charge is 2.29. The summed E-state index contributed by atoms with van der Waals surface area (Å²) in [5.74, 6) is 0. The van der Waals surface area contributed by atoms with Crippen LogP contribution in [0.1, 0.15) is 12.8 Å². The van der Waals surface area contributed by atoms with E-state index in [1.165, 1.54) is 16.7 Å². The van der Waals surface area contributed by atoms with E-state index in [4.69, 9.17) is 23.2 Å². The van der Waals surface area contributed by atoms with Gasteiger partial charge in [0, 0.05) is 25.5 Å². The van der Waals surface area contributed by atoms with Gasteiger partial charge in [0.25, 0.3) is 0 Å². The monoisotopic (exact) mass is 280 g/mol. The molecule has 1 aromatic rings. The fraction of sp³-hybridized carbons (Fsp3) is 0.444. The van der Waals surface area contributed by atoms with Gasteiger partial charge in [-0.15, -0.1) is 0 Å². The number of halogens is 2. The second kappa shape index (κ2) is 4.49. The van der Waals surface area contributed by atoms with E-state index in [2.05, 4.69) is 4.98 Å². The molecule has 0 aliphatic carbocycles. The van der Waals surface area contributed by atoms with Gasteiger partial charge in [-0.2, -0.15) is 4.31 Å². The molecule has 1 aliphatic heterocycles. The van der Waals surface area contributed by atoms with Gasteiger partial charge >= 0.3 is 0 Å². The van der Waals surface area contributed by atoms with Crippen molar-refractivity contribution in [2.24, 2.45) is 0 Å². The van der Waals surface area contributed by atoms with Gasteiger partial charge in [-0.05, 0) is 12.8 Å². The molecule has 0 radical (unpaired) electrons. The van der Waals surface area contributed by atoms with Gasteiger partial charge in [0.1, 0.15) is 4.90 Å². The average molecular weight is 281 g/mol. The lowest BCUT2D eigenvalue weighted by Crippen LogP contribution is -2.28. The summed E-state index contributed by atoms with van der Waals surface area (Å²) >= 11 is 11.6. The molecule has 0 saturated carbocycles. The third-order valence-corrected chi connectivity index (χ3v) is 5.30. The normalized spacial score (nSPS) is 17.9. The van der Waals surface area contributed by atoms with E-state index in [0.29, 0.717) is 13.1 Å². The van der Waals surface area contributed by atoms with Crippen LogP contribution in [0.3, 0.4) is 0 Å². The summed E-state index contributed by atoms with van der Waals surface area (Å²) in [6.45, 7) is 1.07. The van der Waals surface area contributed by atoms with Crippen LogP contribution in [0, 0.1) is 0 Å². The maximum Gasteiger partial charge on any atom is 0.246 e. The lowest BCUT2D eigenvalue weighted by molar-refractivity contribution is 0.477. The summed E-state index contributed by atoms with van der Waals surface area (Å²) in [5, 5.41) is 0.200. The summed E-state index contributed by atoms with van der Waals surface area (Å²) in [7, 11) is -3.54. The van der Waals surface area contributed by atoms with Crippen molar-refractivity contribution >= 4 is 33.2 Å². The number of hydrogen-bond acceptors (Lipinski definition) is 3. The first kappa shape index (κ1) is 12.1.